The molecule has 0 aliphatic carbocycles. The van der Waals surface area contributed by atoms with Gasteiger partial charge in [0.15, 0.2) is 5.17 Å². The number of nitrogens with zero attached hydrogens (tertiary/aromatic N) is 2. The summed E-state index contributed by atoms with van der Waals surface area (Å²) in [6.45, 7) is 0. The van der Waals surface area contributed by atoms with Crippen molar-refractivity contribution in [2.75, 3.05) is 5.32 Å². The minimum atomic E-state index is -0.588. The number of benzene rings is 1. The summed E-state index contributed by atoms with van der Waals surface area (Å²) in [6, 6.07) is 8.20. The van der Waals surface area contributed by atoms with Crippen LogP contribution < -0.4 is 10.6 Å². The second-order valence-electron chi connectivity index (χ2n) is 5.14. The zero-order valence-electron chi connectivity index (χ0n) is 13.1. The van der Waals surface area contributed by atoms with Crippen molar-refractivity contribution in [1.82, 2.24) is 5.32 Å². The zero-order chi connectivity index (χ0) is 18.5. The highest BCUT2D eigenvalue weighted by atomic mass is 35.5. The Kier molecular flexibility index (Phi) is 5.97. The fourth-order valence-corrected chi connectivity index (χ4v) is 3.27. The Morgan fingerprint density at radius 3 is 2.92 bits per heavy atom. The summed E-state index contributed by atoms with van der Waals surface area (Å²) in [6.07, 6.45) is 2.92. The molecule has 2 aromatic rings. The number of halogens is 2. The number of furan rings is 1. The molecule has 134 valence electrons. The topological polar surface area (TPSA) is 96.1 Å². The number of rotatable bonds is 5. The molecule has 0 saturated carbocycles. The monoisotopic (exact) mass is 410 g/mol. The van der Waals surface area contributed by atoms with Gasteiger partial charge in [0.1, 0.15) is 11.0 Å². The number of amides is 2. The van der Waals surface area contributed by atoms with E-state index in [0.717, 1.165) is 11.8 Å². The first-order valence-electron chi connectivity index (χ1n) is 7.38. The first-order chi connectivity index (χ1) is 12.5. The molecule has 26 heavy (non-hydrogen) atoms. The molecule has 1 aliphatic rings. The van der Waals surface area contributed by atoms with Crippen molar-refractivity contribution in [3.8, 4) is 0 Å². The SMILES string of the molecule is O=C(C[C@H]1S/C(=N/N=C\c2ccco2)NC1=O)Nc1ccc(Cl)c(Cl)c1. The van der Waals surface area contributed by atoms with Gasteiger partial charge >= 0.3 is 0 Å². The number of amidine groups is 1. The second kappa shape index (κ2) is 8.39. The van der Waals surface area contributed by atoms with E-state index < -0.39 is 5.25 Å². The first-order valence-corrected chi connectivity index (χ1v) is 9.02. The van der Waals surface area contributed by atoms with Gasteiger partial charge in [-0.15, -0.1) is 5.10 Å². The minimum Gasteiger partial charge on any atom is -0.463 e. The average molecular weight is 411 g/mol. The van der Waals surface area contributed by atoms with E-state index in [1.807, 2.05) is 0 Å². The molecule has 2 N–H and O–H groups in total. The normalized spacial score (nSPS) is 18.5. The minimum absolute atomic E-state index is 0.0162. The maximum absolute atomic E-state index is 12.1. The Morgan fingerprint density at radius 1 is 1.35 bits per heavy atom. The molecule has 0 spiro atoms. The molecule has 1 aromatic carbocycles. The number of carbonyl (C=O) groups excluding carboxylic acids is 2. The number of carbonyl (C=O) groups is 2. The van der Waals surface area contributed by atoms with Gasteiger partial charge in [0.25, 0.3) is 0 Å². The van der Waals surface area contributed by atoms with Crippen molar-refractivity contribution in [2.24, 2.45) is 10.2 Å². The standard InChI is InChI=1S/C16H12Cl2N4O3S/c17-11-4-3-9(6-12(11)18)20-14(23)7-13-15(24)21-16(26-13)22-19-8-10-2-1-5-25-10/h1-6,8,13H,7H2,(H,20,23)(H,21,22,24)/b19-8-/t13-/m1/s1. The average Bonchev–Trinajstić information content (AvgIpc) is 3.22. The highest BCUT2D eigenvalue weighted by Crippen LogP contribution is 2.26. The summed E-state index contributed by atoms with van der Waals surface area (Å²) in [5, 5.41) is 13.5. The Bertz CT molecular complexity index is 884. The van der Waals surface area contributed by atoms with Crippen LogP contribution in [0.15, 0.2) is 51.2 Å². The van der Waals surface area contributed by atoms with Crippen LogP contribution >= 0.6 is 35.0 Å². The van der Waals surface area contributed by atoms with E-state index in [-0.39, 0.29) is 18.2 Å². The molecule has 1 aliphatic heterocycles. The highest BCUT2D eigenvalue weighted by Gasteiger charge is 2.32. The number of thioether (sulfide) groups is 1. The lowest BCUT2D eigenvalue weighted by molar-refractivity contribution is -0.122. The van der Waals surface area contributed by atoms with E-state index >= 15 is 0 Å². The number of anilines is 1. The zero-order valence-corrected chi connectivity index (χ0v) is 15.4. The van der Waals surface area contributed by atoms with Gasteiger partial charge in [0.05, 0.1) is 22.5 Å². The lowest BCUT2D eigenvalue weighted by Gasteiger charge is -2.08. The van der Waals surface area contributed by atoms with E-state index in [9.17, 15) is 9.59 Å². The van der Waals surface area contributed by atoms with Crippen molar-refractivity contribution in [2.45, 2.75) is 11.7 Å². The summed E-state index contributed by atoms with van der Waals surface area (Å²) in [5.74, 6) is -0.0798. The first kappa shape index (κ1) is 18.5. The molecular weight excluding hydrogens is 399 g/mol. The Labute approximate surface area is 162 Å². The van der Waals surface area contributed by atoms with Gasteiger partial charge in [0.2, 0.25) is 11.8 Å². The predicted octanol–water partition coefficient (Wildman–Crippen LogP) is 3.54. The summed E-state index contributed by atoms with van der Waals surface area (Å²) < 4.78 is 5.08. The fraction of sp³-hybridized carbons (Fsp3) is 0.125. The fourth-order valence-electron chi connectivity index (χ4n) is 2.04. The Hall–Kier alpha value is -2.29. The van der Waals surface area contributed by atoms with E-state index in [1.54, 1.807) is 30.3 Å². The van der Waals surface area contributed by atoms with Crippen LogP contribution in [-0.2, 0) is 9.59 Å². The van der Waals surface area contributed by atoms with Crippen molar-refractivity contribution < 1.29 is 14.0 Å². The van der Waals surface area contributed by atoms with Gasteiger partial charge in [-0.25, -0.2) is 0 Å². The maximum Gasteiger partial charge on any atom is 0.240 e. The summed E-state index contributed by atoms with van der Waals surface area (Å²) in [5.41, 5.74) is 0.504. The van der Waals surface area contributed by atoms with Crippen LogP contribution in [0, 0.1) is 0 Å². The summed E-state index contributed by atoms with van der Waals surface area (Å²) >= 11 is 12.9. The van der Waals surface area contributed by atoms with Gasteiger partial charge in [-0.3, -0.25) is 9.59 Å². The molecule has 0 bridgehead atoms. The van der Waals surface area contributed by atoms with Crippen LogP contribution in [-0.4, -0.2) is 28.4 Å². The number of hydrogen-bond acceptors (Lipinski definition) is 6. The quantitative estimate of drug-likeness (QED) is 0.581. The summed E-state index contributed by atoms with van der Waals surface area (Å²) in [7, 11) is 0. The number of hydrogen-bond donors (Lipinski definition) is 2. The van der Waals surface area contributed by atoms with E-state index in [0.29, 0.717) is 26.7 Å². The van der Waals surface area contributed by atoms with Gasteiger partial charge < -0.3 is 15.1 Å². The molecular formula is C16H12Cl2N4O3S. The van der Waals surface area contributed by atoms with Crippen LogP contribution in [0.4, 0.5) is 5.69 Å². The second-order valence-corrected chi connectivity index (χ2v) is 7.15. The van der Waals surface area contributed by atoms with Crippen molar-refractivity contribution in [3.05, 3.63) is 52.4 Å². The molecule has 1 saturated heterocycles. The van der Waals surface area contributed by atoms with E-state index in [1.165, 1.54) is 12.5 Å². The van der Waals surface area contributed by atoms with Crippen LogP contribution in [0.3, 0.4) is 0 Å². The molecule has 0 radical (unpaired) electrons. The largest absolute Gasteiger partial charge is 0.463 e. The molecule has 1 aromatic heterocycles. The maximum atomic E-state index is 12.1. The predicted molar refractivity (Wildman–Crippen MR) is 103 cm³/mol. The van der Waals surface area contributed by atoms with Crippen molar-refractivity contribution in [3.63, 3.8) is 0 Å². The molecule has 3 rings (SSSR count). The third kappa shape index (κ3) is 4.87. The van der Waals surface area contributed by atoms with E-state index in [4.69, 9.17) is 27.6 Å². The molecule has 10 heteroatoms. The van der Waals surface area contributed by atoms with Crippen molar-refractivity contribution >= 4 is 63.8 Å². The molecule has 0 unspecified atom stereocenters. The third-order valence-corrected chi connectivity index (χ3v) is 5.04. The van der Waals surface area contributed by atoms with Crippen LogP contribution in [0.5, 0.6) is 0 Å². The molecule has 7 nitrogen and oxygen atoms in total. The van der Waals surface area contributed by atoms with Gasteiger partial charge in [-0.05, 0) is 30.3 Å². The van der Waals surface area contributed by atoms with Crippen molar-refractivity contribution in [1.29, 1.82) is 0 Å². The van der Waals surface area contributed by atoms with Crippen LogP contribution in [0.25, 0.3) is 0 Å². The smallest absolute Gasteiger partial charge is 0.240 e. The van der Waals surface area contributed by atoms with Gasteiger partial charge in [-0.1, -0.05) is 35.0 Å². The molecule has 2 amide bonds. The third-order valence-electron chi connectivity index (χ3n) is 3.23. The number of nitrogens with one attached hydrogen (secondary N) is 2. The van der Waals surface area contributed by atoms with Gasteiger partial charge in [0, 0.05) is 12.1 Å². The van der Waals surface area contributed by atoms with E-state index in [2.05, 4.69) is 20.8 Å². The van der Waals surface area contributed by atoms with Crippen LogP contribution in [0.2, 0.25) is 10.0 Å². The Morgan fingerprint density at radius 2 is 2.19 bits per heavy atom. The van der Waals surface area contributed by atoms with Crippen LogP contribution in [0.1, 0.15) is 12.2 Å². The highest BCUT2D eigenvalue weighted by molar-refractivity contribution is 8.15. The lowest BCUT2D eigenvalue weighted by Crippen LogP contribution is -2.28. The Balaban J connectivity index is 1.55. The molecule has 2 heterocycles. The molecule has 1 fully saturated rings. The van der Waals surface area contributed by atoms with Gasteiger partial charge in [-0.2, -0.15) is 5.10 Å². The molecule has 1 atom stereocenters. The summed E-state index contributed by atoms with van der Waals surface area (Å²) in [4.78, 5) is 24.1. The lowest BCUT2D eigenvalue weighted by atomic mass is 10.2.